The zero-order valence-corrected chi connectivity index (χ0v) is 16.6. The molecule has 14 heteroatoms. The number of rotatable bonds is 5. The van der Waals surface area contributed by atoms with E-state index in [1.54, 1.807) is 0 Å². The standard InChI is InChI=1S/C20H12F9N3O2/c21-18(22,23)11-3-1-2-10(6-11)17-32-31-16(34-17)5-4-15(33)30-14-8-12(19(24,25)26)7-13(9-14)20(27,28)29/h1-3,6-9H,4-5H2,(H,30,33). The van der Waals surface area contributed by atoms with Crippen molar-refractivity contribution in [3.05, 3.63) is 65.0 Å². The third-order valence-corrected chi connectivity index (χ3v) is 4.34. The van der Waals surface area contributed by atoms with Gasteiger partial charge in [-0.05, 0) is 36.4 Å². The van der Waals surface area contributed by atoms with Gasteiger partial charge in [0.2, 0.25) is 17.7 Å². The van der Waals surface area contributed by atoms with Crippen LogP contribution in [0.15, 0.2) is 46.9 Å². The lowest BCUT2D eigenvalue weighted by molar-refractivity contribution is -0.143. The first-order valence-corrected chi connectivity index (χ1v) is 9.22. The van der Waals surface area contributed by atoms with Crippen molar-refractivity contribution < 1.29 is 48.7 Å². The van der Waals surface area contributed by atoms with Gasteiger partial charge in [-0.25, -0.2) is 0 Å². The number of carbonyl (C=O) groups is 1. The zero-order valence-electron chi connectivity index (χ0n) is 16.6. The van der Waals surface area contributed by atoms with E-state index in [1.165, 1.54) is 6.07 Å². The molecule has 1 heterocycles. The smallest absolute Gasteiger partial charge is 0.416 e. The van der Waals surface area contributed by atoms with Crippen molar-refractivity contribution in [3.63, 3.8) is 0 Å². The van der Waals surface area contributed by atoms with Gasteiger partial charge in [-0.15, -0.1) is 10.2 Å². The van der Waals surface area contributed by atoms with Gasteiger partial charge in [-0.3, -0.25) is 4.79 Å². The normalized spacial score (nSPS) is 12.6. The van der Waals surface area contributed by atoms with Crippen LogP contribution in [0.5, 0.6) is 0 Å². The molecule has 0 radical (unpaired) electrons. The van der Waals surface area contributed by atoms with Crippen LogP contribution in [0.1, 0.15) is 29.0 Å². The van der Waals surface area contributed by atoms with Crippen LogP contribution in [0, 0.1) is 0 Å². The summed E-state index contributed by atoms with van der Waals surface area (Å²) < 4.78 is 121. The Hall–Kier alpha value is -3.58. The molecule has 0 spiro atoms. The fraction of sp³-hybridized carbons (Fsp3) is 0.250. The summed E-state index contributed by atoms with van der Waals surface area (Å²) in [4.78, 5) is 12.1. The Kier molecular flexibility index (Phi) is 6.62. The van der Waals surface area contributed by atoms with Gasteiger partial charge in [0.1, 0.15) is 0 Å². The van der Waals surface area contributed by atoms with Gasteiger partial charge in [-0.2, -0.15) is 39.5 Å². The number of amides is 1. The number of hydrogen-bond donors (Lipinski definition) is 1. The Bertz CT molecular complexity index is 1150. The molecule has 0 fully saturated rings. The molecule has 0 saturated carbocycles. The second-order valence-corrected chi connectivity index (χ2v) is 6.92. The molecule has 3 aromatic rings. The molecule has 0 unspecified atom stereocenters. The van der Waals surface area contributed by atoms with E-state index >= 15 is 0 Å². The van der Waals surface area contributed by atoms with Gasteiger partial charge in [0, 0.05) is 24.1 Å². The molecule has 182 valence electrons. The molecule has 0 aliphatic carbocycles. The average Bonchev–Trinajstić information content (AvgIpc) is 3.19. The topological polar surface area (TPSA) is 68.0 Å². The van der Waals surface area contributed by atoms with E-state index in [0.717, 1.165) is 18.2 Å². The first kappa shape index (κ1) is 25.1. The molecule has 0 bridgehead atoms. The second kappa shape index (κ2) is 8.99. The third kappa shape index (κ3) is 6.26. The molecular weight excluding hydrogens is 485 g/mol. The van der Waals surface area contributed by atoms with Crippen LogP contribution in [-0.2, 0) is 29.7 Å². The van der Waals surface area contributed by atoms with E-state index < -0.39 is 53.2 Å². The summed E-state index contributed by atoms with van der Waals surface area (Å²) >= 11 is 0. The maximum Gasteiger partial charge on any atom is 0.416 e. The molecule has 34 heavy (non-hydrogen) atoms. The van der Waals surface area contributed by atoms with Gasteiger partial charge in [0.15, 0.2) is 0 Å². The quantitative estimate of drug-likeness (QED) is 0.417. The number of halogens is 9. The molecule has 5 nitrogen and oxygen atoms in total. The monoisotopic (exact) mass is 497 g/mol. The van der Waals surface area contributed by atoms with Gasteiger partial charge in [0.25, 0.3) is 0 Å². The highest BCUT2D eigenvalue weighted by Crippen LogP contribution is 2.37. The summed E-state index contributed by atoms with van der Waals surface area (Å²) in [6, 6.07) is 4.64. The number of nitrogens with zero attached hydrogens (tertiary/aromatic N) is 2. The first-order valence-electron chi connectivity index (χ1n) is 9.22. The summed E-state index contributed by atoms with van der Waals surface area (Å²) in [6.45, 7) is 0. The molecule has 2 aromatic carbocycles. The van der Waals surface area contributed by atoms with Crippen LogP contribution in [0.3, 0.4) is 0 Å². The first-order chi connectivity index (χ1) is 15.6. The minimum absolute atomic E-state index is 0.0401. The number of carbonyl (C=O) groups excluding carboxylic acids is 1. The van der Waals surface area contributed by atoms with Gasteiger partial charge in [-0.1, -0.05) is 6.07 Å². The van der Waals surface area contributed by atoms with E-state index in [1.807, 2.05) is 5.32 Å². The largest absolute Gasteiger partial charge is 0.421 e. The molecular formula is C20H12F9N3O2. The Labute approximate surface area is 184 Å². The van der Waals surface area contributed by atoms with Crippen molar-refractivity contribution in [3.8, 4) is 11.5 Å². The van der Waals surface area contributed by atoms with Crippen molar-refractivity contribution >= 4 is 11.6 Å². The Balaban J connectivity index is 1.69. The molecule has 3 rings (SSSR count). The molecule has 0 aliphatic rings. The van der Waals surface area contributed by atoms with Crippen LogP contribution in [0.4, 0.5) is 45.2 Å². The van der Waals surface area contributed by atoms with E-state index in [0.29, 0.717) is 12.1 Å². The Morgan fingerprint density at radius 1 is 0.794 bits per heavy atom. The van der Waals surface area contributed by atoms with Crippen LogP contribution in [0.2, 0.25) is 0 Å². The van der Waals surface area contributed by atoms with Crippen LogP contribution in [0.25, 0.3) is 11.5 Å². The number of hydrogen-bond acceptors (Lipinski definition) is 4. The summed E-state index contributed by atoms with van der Waals surface area (Å²) in [7, 11) is 0. The number of nitrogens with one attached hydrogen (secondary N) is 1. The number of alkyl halides is 9. The molecule has 1 N–H and O–H groups in total. The second-order valence-electron chi connectivity index (χ2n) is 6.92. The van der Waals surface area contributed by atoms with Gasteiger partial charge >= 0.3 is 18.5 Å². The lowest BCUT2D eigenvalue weighted by atomic mass is 10.1. The van der Waals surface area contributed by atoms with Crippen LogP contribution < -0.4 is 5.32 Å². The van der Waals surface area contributed by atoms with E-state index in [9.17, 15) is 44.3 Å². The molecule has 0 atom stereocenters. The molecule has 0 saturated heterocycles. The van der Waals surface area contributed by atoms with E-state index in [2.05, 4.69) is 10.2 Å². The van der Waals surface area contributed by atoms with Crippen molar-refractivity contribution in [2.45, 2.75) is 31.4 Å². The minimum atomic E-state index is -5.08. The number of aryl methyl sites for hydroxylation is 1. The van der Waals surface area contributed by atoms with Crippen molar-refractivity contribution in [2.75, 3.05) is 5.32 Å². The minimum Gasteiger partial charge on any atom is -0.421 e. The molecule has 0 aliphatic heterocycles. The highest BCUT2D eigenvalue weighted by Gasteiger charge is 2.37. The maximum atomic E-state index is 12.9. The lowest BCUT2D eigenvalue weighted by Crippen LogP contribution is -2.16. The summed E-state index contributed by atoms with van der Waals surface area (Å²) in [5, 5.41) is 9.11. The van der Waals surface area contributed by atoms with Crippen molar-refractivity contribution in [2.24, 2.45) is 0 Å². The van der Waals surface area contributed by atoms with Crippen molar-refractivity contribution in [1.29, 1.82) is 0 Å². The van der Waals surface area contributed by atoms with Crippen LogP contribution in [-0.4, -0.2) is 16.1 Å². The number of aromatic nitrogens is 2. The third-order valence-electron chi connectivity index (χ3n) is 4.34. The number of anilines is 1. The summed E-state index contributed by atoms with van der Waals surface area (Å²) in [5.74, 6) is -1.40. The summed E-state index contributed by atoms with van der Waals surface area (Å²) in [6.07, 6.45) is -15.5. The maximum absolute atomic E-state index is 12.9. The van der Waals surface area contributed by atoms with Gasteiger partial charge in [0.05, 0.1) is 16.7 Å². The fourth-order valence-electron chi connectivity index (χ4n) is 2.77. The van der Waals surface area contributed by atoms with Gasteiger partial charge < -0.3 is 9.73 Å². The van der Waals surface area contributed by atoms with Crippen molar-refractivity contribution in [1.82, 2.24) is 10.2 Å². The highest BCUT2D eigenvalue weighted by molar-refractivity contribution is 5.91. The van der Waals surface area contributed by atoms with E-state index in [4.69, 9.17) is 4.42 Å². The van der Waals surface area contributed by atoms with Crippen LogP contribution >= 0.6 is 0 Å². The highest BCUT2D eigenvalue weighted by atomic mass is 19.4. The average molecular weight is 497 g/mol. The fourth-order valence-corrected chi connectivity index (χ4v) is 2.77. The number of benzene rings is 2. The SMILES string of the molecule is O=C(CCc1nnc(-c2cccc(C(F)(F)F)c2)o1)Nc1cc(C(F)(F)F)cc(C(F)(F)F)c1. The predicted octanol–water partition coefficient (Wildman–Crippen LogP) is 6.36. The lowest BCUT2D eigenvalue weighted by Gasteiger charge is -2.14. The zero-order chi connectivity index (χ0) is 25.3. The molecule has 1 aromatic heterocycles. The van der Waals surface area contributed by atoms with E-state index in [-0.39, 0.29) is 29.8 Å². The summed E-state index contributed by atoms with van der Waals surface area (Å²) in [5.41, 5.74) is -4.91. The predicted molar refractivity (Wildman–Crippen MR) is 98.1 cm³/mol. The Morgan fingerprint density at radius 3 is 1.94 bits per heavy atom. The molecule has 1 amide bonds. The Morgan fingerprint density at radius 2 is 1.38 bits per heavy atom.